The lowest BCUT2D eigenvalue weighted by Crippen LogP contribution is -2.61. The Morgan fingerprint density at radius 2 is 1.71 bits per heavy atom. The predicted molar refractivity (Wildman–Crippen MR) is 84.2 cm³/mol. The topological polar surface area (TPSA) is 81.9 Å². The molecule has 1 heterocycles. The standard InChI is InChI=1S/C14H30N2O4S/c1-3-19-9-7-16(8-10-20-4-2)14(12-15)6-5-11-21(17,18)13-14/h3-13,15H2,1-2H3. The Balaban J connectivity index is 2.79. The molecule has 126 valence electrons. The van der Waals surface area contributed by atoms with Gasteiger partial charge in [0.25, 0.3) is 0 Å². The number of sulfone groups is 1. The number of hydrogen-bond donors (Lipinski definition) is 1. The zero-order chi connectivity index (χ0) is 15.8. The lowest BCUT2D eigenvalue weighted by Gasteiger charge is -2.45. The summed E-state index contributed by atoms with van der Waals surface area (Å²) >= 11 is 0. The lowest BCUT2D eigenvalue weighted by molar-refractivity contribution is 0.0260. The van der Waals surface area contributed by atoms with Crippen molar-refractivity contribution < 1.29 is 17.9 Å². The van der Waals surface area contributed by atoms with Crippen molar-refractivity contribution in [2.75, 3.05) is 57.6 Å². The molecule has 1 rings (SSSR count). The number of rotatable bonds is 10. The summed E-state index contributed by atoms with van der Waals surface area (Å²) < 4.78 is 34.9. The van der Waals surface area contributed by atoms with E-state index >= 15 is 0 Å². The minimum Gasteiger partial charge on any atom is -0.380 e. The van der Waals surface area contributed by atoms with Gasteiger partial charge in [0.2, 0.25) is 0 Å². The summed E-state index contributed by atoms with van der Waals surface area (Å²) in [6.07, 6.45) is 1.50. The van der Waals surface area contributed by atoms with Gasteiger partial charge in [-0.1, -0.05) is 0 Å². The van der Waals surface area contributed by atoms with Gasteiger partial charge >= 0.3 is 0 Å². The molecule has 1 unspecified atom stereocenters. The molecule has 0 aromatic carbocycles. The van der Waals surface area contributed by atoms with Crippen molar-refractivity contribution in [1.29, 1.82) is 0 Å². The molecule has 1 fully saturated rings. The Kier molecular flexibility index (Phi) is 8.12. The van der Waals surface area contributed by atoms with Gasteiger partial charge in [0.15, 0.2) is 9.84 Å². The highest BCUT2D eigenvalue weighted by Gasteiger charge is 2.42. The van der Waals surface area contributed by atoms with Crippen LogP contribution < -0.4 is 5.73 Å². The van der Waals surface area contributed by atoms with Gasteiger partial charge in [-0.3, -0.25) is 4.90 Å². The van der Waals surface area contributed by atoms with Gasteiger partial charge in [-0.05, 0) is 26.7 Å². The predicted octanol–water partition coefficient (Wildman–Crippen LogP) is 0.268. The molecule has 2 N–H and O–H groups in total. The fraction of sp³-hybridized carbons (Fsp3) is 1.00. The lowest BCUT2D eigenvalue weighted by atomic mass is 9.93. The summed E-state index contributed by atoms with van der Waals surface area (Å²) in [6, 6.07) is 0. The third-order valence-corrected chi connectivity index (χ3v) is 5.94. The Bertz CT molecular complexity index is 378. The van der Waals surface area contributed by atoms with Gasteiger partial charge < -0.3 is 15.2 Å². The van der Waals surface area contributed by atoms with E-state index in [-0.39, 0.29) is 11.5 Å². The molecule has 0 aromatic heterocycles. The van der Waals surface area contributed by atoms with Crippen LogP contribution in [0.15, 0.2) is 0 Å². The Morgan fingerprint density at radius 1 is 1.14 bits per heavy atom. The van der Waals surface area contributed by atoms with Crippen molar-refractivity contribution in [2.45, 2.75) is 32.2 Å². The number of nitrogens with two attached hydrogens (primary N) is 1. The SMILES string of the molecule is CCOCCN(CCOCC)C1(CN)CCCS(=O)(=O)C1. The van der Waals surface area contributed by atoms with Gasteiger partial charge in [-0.15, -0.1) is 0 Å². The van der Waals surface area contributed by atoms with E-state index in [1.54, 1.807) is 0 Å². The fourth-order valence-electron chi connectivity index (χ4n) is 2.94. The normalized spacial score (nSPS) is 25.3. The number of nitrogens with zero attached hydrogens (tertiary/aromatic N) is 1. The molecule has 0 aromatic rings. The first kappa shape index (κ1) is 18.8. The van der Waals surface area contributed by atoms with E-state index in [0.29, 0.717) is 52.5 Å². The van der Waals surface area contributed by atoms with Crippen LogP contribution >= 0.6 is 0 Å². The van der Waals surface area contributed by atoms with Gasteiger partial charge in [0, 0.05) is 38.4 Å². The maximum atomic E-state index is 12.0. The molecule has 0 bridgehead atoms. The summed E-state index contributed by atoms with van der Waals surface area (Å²) in [6.45, 7) is 8.13. The largest absolute Gasteiger partial charge is 0.380 e. The number of ether oxygens (including phenoxy) is 2. The molecule has 1 aliphatic rings. The van der Waals surface area contributed by atoms with Crippen LogP contribution in [0.5, 0.6) is 0 Å². The second kappa shape index (κ2) is 9.05. The Hall–Kier alpha value is -0.210. The van der Waals surface area contributed by atoms with Crippen molar-refractivity contribution in [2.24, 2.45) is 5.73 Å². The van der Waals surface area contributed by atoms with Crippen molar-refractivity contribution >= 4 is 9.84 Å². The first-order chi connectivity index (χ1) is 9.99. The highest BCUT2D eigenvalue weighted by Crippen LogP contribution is 2.28. The summed E-state index contributed by atoms with van der Waals surface area (Å²) in [5, 5.41) is 0. The summed E-state index contributed by atoms with van der Waals surface area (Å²) in [4.78, 5) is 2.16. The molecular formula is C14H30N2O4S. The maximum absolute atomic E-state index is 12.0. The van der Waals surface area contributed by atoms with Crippen LogP contribution in [0.3, 0.4) is 0 Å². The molecule has 0 spiro atoms. The zero-order valence-electron chi connectivity index (χ0n) is 13.3. The van der Waals surface area contributed by atoms with E-state index in [2.05, 4.69) is 4.90 Å². The van der Waals surface area contributed by atoms with E-state index in [1.807, 2.05) is 13.8 Å². The molecule has 1 saturated heterocycles. The van der Waals surface area contributed by atoms with E-state index in [4.69, 9.17) is 15.2 Å². The van der Waals surface area contributed by atoms with Gasteiger partial charge in [-0.2, -0.15) is 0 Å². The van der Waals surface area contributed by atoms with Crippen LogP contribution in [0.4, 0.5) is 0 Å². The Morgan fingerprint density at radius 3 is 2.14 bits per heavy atom. The van der Waals surface area contributed by atoms with Crippen LogP contribution in [0.2, 0.25) is 0 Å². The van der Waals surface area contributed by atoms with Crippen molar-refractivity contribution in [3.8, 4) is 0 Å². The zero-order valence-corrected chi connectivity index (χ0v) is 14.2. The molecule has 0 amide bonds. The Labute approximate surface area is 128 Å². The molecule has 21 heavy (non-hydrogen) atoms. The van der Waals surface area contributed by atoms with Gasteiger partial charge in [-0.25, -0.2) is 8.42 Å². The number of hydrogen-bond acceptors (Lipinski definition) is 6. The van der Waals surface area contributed by atoms with E-state index < -0.39 is 15.4 Å². The third-order valence-electron chi connectivity index (χ3n) is 4.06. The molecule has 0 radical (unpaired) electrons. The molecule has 0 saturated carbocycles. The average molecular weight is 322 g/mol. The van der Waals surface area contributed by atoms with Gasteiger partial charge in [0.05, 0.1) is 24.7 Å². The fourth-order valence-corrected chi connectivity index (χ4v) is 4.93. The molecule has 1 aliphatic heterocycles. The van der Waals surface area contributed by atoms with Crippen molar-refractivity contribution in [3.05, 3.63) is 0 Å². The third kappa shape index (κ3) is 5.83. The van der Waals surface area contributed by atoms with Crippen LogP contribution in [-0.2, 0) is 19.3 Å². The second-order valence-electron chi connectivity index (χ2n) is 5.50. The summed E-state index contributed by atoms with van der Waals surface area (Å²) in [7, 11) is -3.01. The van der Waals surface area contributed by atoms with Crippen LogP contribution in [0.25, 0.3) is 0 Å². The van der Waals surface area contributed by atoms with E-state index in [1.165, 1.54) is 0 Å². The first-order valence-corrected chi connectivity index (χ1v) is 9.63. The monoisotopic (exact) mass is 322 g/mol. The molecule has 0 aliphatic carbocycles. The second-order valence-corrected chi connectivity index (χ2v) is 7.69. The van der Waals surface area contributed by atoms with Crippen molar-refractivity contribution in [3.63, 3.8) is 0 Å². The maximum Gasteiger partial charge on any atom is 0.152 e. The molecule has 1 atom stereocenters. The summed E-state index contributed by atoms with van der Waals surface area (Å²) in [5.74, 6) is 0.425. The van der Waals surface area contributed by atoms with Crippen LogP contribution in [0, 0.1) is 0 Å². The quantitative estimate of drug-likeness (QED) is 0.581. The smallest absolute Gasteiger partial charge is 0.152 e. The molecule has 6 nitrogen and oxygen atoms in total. The minimum absolute atomic E-state index is 0.148. The van der Waals surface area contributed by atoms with Gasteiger partial charge in [0.1, 0.15) is 0 Å². The van der Waals surface area contributed by atoms with E-state index in [9.17, 15) is 8.42 Å². The highest BCUT2D eigenvalue weighted by atomic mass is 32.2. The van der Waals surface area contributed by atoms with Crippen LogP contribution in [-0.4, -0.2) is 76.4 Å². The highest BCUT2D eigenvalue weighted by molar-refractivity contribution is 7.91. The van der Waals surface area contributed by atoms with Crippen LogP contribution in [0.1, 0.15) is 26.7 Å². The van der Waals surface area contributed by atoms with Crippen molar-refractivity contribution in [1.82, 2.24) is 4.90 Å². The average Bonchev–Trinajstić information content (AvgIpc) is 2.44. The van der Waals surface area contributed by atoms with E-state index in [0.717, 1.165) is 6.42 Å². The first-order valence-electron chi connectivity index (χ1n) is 7.80. The molecular weight excluding hydrogens is 292 g/mol. The molecule has 7 heteroatoms. The minimum atomic E-state index is -3.01. The summed E-state index contributed by atoms with van der Waals surface area (Å²) in [5.41, 5.74) is 5.51.